The smallest absolute Gasteiger partial charge is 0.260 e. The number of para-hydroxylation sites is 2. The summed E-state index contributed by atoms with van der Waals surface area (Å²) in [5.41, 5.74) is 2.10. The van der Waals surface area contributed by atoms with Crippen LogP contribution in [0.1, 0.15) is 0 Å². The molecule has 0 unspecified atom stereocenters. The summed E-state index contributed by atoms with van der Waals surface area (Å²) in [5.74, 6) is 0.0912. The number of carbonyl (C=O) groups is 1. The lowest BCUT2D eigenvalue weighted by atomic mass is 10.3. The maximum absolute atomic E-state index is 13.7. The molecule has 1 aliphatic rings. The molecule has 1 fully saturated rings. The molecular weight excluding hydrogens is 413 g/mol. The molecule has 0 saturated carbocycles. The summed E-state index contributed by atoms with van der Waals surface area (Å²) in [6.07, 6.45) is 1.50. The first-order valence-corrected chi connectivity index (χ1v) is 10.2. The minimum atomic E-state index is -0.485. The summed E-state index contributed by atoms with van der Waals surface area (Å²) in [4.78, 5) is 25.1. The summed E-state index contributed by atoms with van der Waals surface area (Å²) in [6, 6.07) is 15.7. The molecule has 3 heterocycles. The molecule has 4 aromatic rings. The molecule has 0 atom stereocenters. The number of fused-ring (bicyclic) bond motifs is 1. The Labute approximate surface area is 183 Å². The maximum atomic E-state index is 13.7. The van der Waals surface area contributed by atoms with E-state index in [0.717, 1.165) is 5.69 Å². The Bertz CT molecular complexity index is 1240. The van der Waals surface area contributed by atoms with Crippen molar-refractivity contribution in [1.29, 1.82) is 0 Å². The van der Waals surface area contributed by atoms with Crippen molar-refractivity contribution >= 4 is 22.9 Å². The van der Waals surface area contributed by atoms with Crippen LogP contribution < -0.4 is 9.64 Å². The Hall–Kier alpha value is -4.08. The fourth-order valence-electron chi connectivity index (χ4n) is 3.67. The molecule has 1 aliphatic heterocycles. The van der Waals surface area contributed by atoms with Crippen LogP contribution in [0.3, 0.4) is 0 Å². The average molecular weight is 433 g/mol. The van der Waals surface area contributed by atoms with E-state index in [1.54, 1.807) is 21.7 Å². The third kappa shape index (κ3) is 3.82. The van der Waals surface area contributed by atoms with Gasteiger partial charge in [-0.25, -0.2) is 14.4 Å². The van der Waals surface area contributed by atoms with E-state index in [-0.39, 0.29) is 18.3 Å². The summed E-state index contributed by atoms with van der Waals surface area (Å²) in [5, 5.41) is 8.56. The van der Waals surface area contributed by atoms with Crippen LogP contribution in [0, 0.1) is 5.82 Å². The van der Waals surface area contributed by atoms with Crippen LogP contribution in [-0.2, 0) is 4.79 Å². The van der Waals surface area contributed by atoms with Crippen molar-refractivity contribution in [2.45, 2.75) is 0 Å². The van der Waals surface area contributed by atoms with Gasteiger partial charge in [0.25, 0.3) is 5.91 Å². The third-order valence-electron chi connectivity index (χ3n) is 5.34. The van der Waals surface area contributed by atoms with Gasteiger partial charge in [-0.1, -0.05) is 35.5 Å². The molecule has 9 nitrogen and oxygen atoms in total. The largest absolute Gasteiger partial charge is 0.481 e. The van der Waals surface area contributed by atoms with Gasteiger partial charge in [-0.15, -0.1) is 5.10 Å². The third-order valence-corrected chi connectivity index (χ3v) is 5.34. The van der Waals surface area contributed by atoms with Gasteiger partial charge >= 0.3 is 0 Å². The average Bonchev–Trinajstić information content (AvgIpc) is 3.28. The summed E-state index contributed by atoms with van der Waals surface area (Å²) in [6.45, 7) is 1.95. The first kappa shape index (κ1) is 19.9. The molecule has 0 spiro atoms. The fourth-order valence-corrected chi connectivity index (χ4v) is 3.67. The summed E-state index contributed by atoms with van der Waals surface area (Å²) >= 11 is 0. The van der Waals surface area contributed by atoms with E-state index in [1.165, 1.54) is 18.5 Å². The number of benzene rings is 2. The Kier molecular flexibility index (Phi) is 5.32. The van der Waals surface area contributed by atoms with Crippen molar-refractivity contribution in [3.8, 4) is 11.4 Å². The highest BCUT2D eigenvalue weighted by atomic mass is 19.1. The lowest BCUT2D eigenvalue weighted by Gasteiger charge is -2.35. The minimum absolute atomic E-state index is 0.0735. The predicted molar refractivity (Wildman–Crippen MR) is 115 cm³/mol. The molecule has 1 amide bonds. The van der Waals surface area contributed by atoms with Crippen molar-refractivity contribution in [3.05, 3.63) is 66.7 Å². The zero-order chi connectivity index (χ0) is 21.9. The molecule has 0 radical (unpaired) electrons. The second-order valence-electron chi connectivity index (χ2n) is 7.29. The number of aromatic nitrogens is 5. The second kappa shape index (κ2) is 8.58. The Morgan fingerprint density at radius 3 is 2.50 bits per heavy atom. The van der Waals surface area contributed by atoms with Crippen LogP contribution in [0.5, 0.6) is 5.75 Å². The first-order valence-electron chi connectivity index (χ1n) is 10.2. The number of carbonyl (C=O) groups excluding carboxylic acids is 1. The number of amides is 1. The number of hydrogen-bond acceptors (Lipinski definition) is 7. The number of ether oxygens (including phenoxy) is 1. The molecule has 0 bridgehead atoms. The van der Waals surface area contributed by atoms with Gasteiger partial charge in [-0.3, -0.25) is 4.79 Å². The van der Waals surface area contributed by atoms with E-state index in [9.17, 15) is 9.18 Å². The molecule has 5 rings (SSSR count). The molecular formula is C22H20FN7O2. The number of nitrogens with zero attached hydrogens (tertiary/aromatic N) is 7. The Morgan fingerprint density at radius 2 is 1.72 bits per heavy atom. The quantitative estimate of drug-likeness (QED) is 0.476. The maximum Gasteiger partial charge on any atom is 0.260 e. The van der Waals surface area contributed by atoms with Crippen LogP contribution >= 0.6 is 0 Å². The zero-order valence-corrected chi connectivity index (χ0v) is 17.1. The van der Waals surface area contributed by atoms with E-state index in [1.807, 2.05) is 30.3 Å². The van der Waals surface area contributed by atoms with E-state index >= 15 is 0 Å². The van der Waals surface area contributed by atoms with Gasteiger partial charge in [-0.05, 0) is 24.3 Å². The fraction of sp³-hybridized carbons (Fsp3) is 0.227. The zero-order valence-electron chi connectivity index (χ0n) is 17.1. The van der Waals surface area contributed by atoms with Crippen molar-refractivity contribution in [3.63, 3.8) is 0 Å². The molecule has 0 N–H and O–H groups in total. The van der Waals surface area contributed by atoms with E-state index in [0.29, 0.717) is 43.2 Å². The van der Waals surface area contributed by atoms with Crippen molar-refractivity contribution in [2.75, 3.05) is 37.7 Å². The molecule has 10 heteroatoms. The molecule has 32 heavy (non-hydrogen) atoms. The lowest BCUT2D eigenvalue weighted by Crippen LogP contribution is -2.50. The lowest BCUT2D eigenvalue weighted by molar-refractivity contribution is -0.133. The molecule has 2 aromatic heterocycles. The van der Waals surface area contributed by atoms with Crippen LogP contribution in [-0.4, -0.2) is 68.6 Å². The van der Waals surface area contributed by atoms with Gasteiger partial charge in [0.1, 0.15) is 6.33 Å². The molecule has 0 aliphatic carbocycles. The highest BCUT2D eigenvalue weighted by Gasteiger charge is 2.25. The number of halogens is 1. The van der Waals surface area contributed by atoms with Crippen LogP contribution in [0.2, 0.25) is 0 Å². The van der Waals surface area contributed by atoms with Crippen molar-refractivity contribution < 1.29 is 13.9 Å². The van der Waals surface area contributed by atoms with E-state index in [2.05, 4.69) is 25.2 Å². The molecule has 2 aromatic carbocycles. The van der Waals surface area contributed by atoms with Crippen LogP contribution in [0.15, 0.2) is 60.9 Å². The number of piperazine rings is 1. The van der Waals surface area contributed by atoms with Gasteiger partial charge < -0.3 is 14.5 Å². The number of hydrogen-bond donors (Lipinski definition) is 0. The number of anilines is 1. The molecule has 1 saturated heterocycles. The van der Waals surface area contributed by atoms with Crippen LogP contribution in [0.25, 0.3) is 16.9 Å². The number of rotatable bonds is 5. The summed E-state index contributed by atoms with van der Waals surface area (Å²) < 4.78 is 20.7. The van der Waals surface area contributed by atoms with Crippen LogP contribution in [0.4, 0.5) is 10.2 Å². The minimum Gasteiger partial charge on any atom is -0.481 e. The van der Waals surface area contributed by atoms with Gasteiger partial charge in [0.15, 0.2) is 35.2 Å². The SMILES string of the molecule is O=C(COc1ccccc1F)N1CCN(c2ncnc3c2nnn3-c2ccccc2)CC1. The Balaban J connectivity index is 1.26. The second-order valence-corrected chi connectivity index (χ2v) is 7.29. The Morgan fingerprint density at radius 1 is 0.969 bits per heavy atom. The van der Waals surface area contributed by atoms with Gasteiger partial charge in [0.2, 0.25) is 0 Å². The van der Waals surface area contributed by atoms with Crippen molar-refractivity contribution in [2.24, 2.45) is 0 Å². The standard InChI is InChI=1S/C22H20FN7O2/c23-17-8-4-5-9-18(17)32-14-19(31)28-10-12-29(13-11-28)21-20-22(25-15-24-21)30(27-26-20)16-6-2-1-3-7-16/h1-9,15H,10-14H2. The van der Waals surface area contributed by atoms with Gasteiger partial charge in [-0.2, -0.15) is 4.68 Å². The van der Waals surface area contributed by atoms with E-state index in [4.69, 9.17) is 4.74 Å². The predicted octanol–water partition coefficient (Wildman–Crippen LogP) is 2.08. The van der Waals surface area contributed by atoms with Gasteiger partial charge in [0, 0.05) is 26.2 Å². The normalized spacial score (nSPS) is 14.0. The topological polar surface area (TPSA) is 89.3 Å². The monoisotopic (exact) mass is 433 g/mol. The molecule has 162 valence electrons. The highest BCUT2D eigenvalue weighted by Crippen LogP contribution is 2.23. The highest BCUT2D eigenvalue weighted by molar-refractivity contribution is 5.84. The summed E-state index contributed by atoms with van der Waals surface area (Å²) in [7, 11) is 0. The van der Waals surface area contributed by atoms with Crippen molar-refractivity contribution in [1.82, 2.24) is 29.9 Å². The first-order chi connectivity index (χ1) is 15.7. The van der Waals surface area contributed by atoms with Gasteiger partial charge in [0.05, 0.1) is 5.69 Å². The van der Waals surface area contributed by atoms with E-state index < -0.39 is 5.82 Å².